The Morgan fingerprint density at radius 2 is 2.53 bits per heavy atom. The Morgan fingerprint density at radius 3 is 3.13 bits per heavy atom. The van der Waals surface area contributed by atoms with E-state index in [1.807, 2.05) is 17.2 Å². The number of carbonyl (C=O) groups is 1. The van der Waals surface area contributed by atoms with E-state index in [1.54, 1.807) is 6.20 Å². The highest BCUT2D eigenvalue weighted by Gasteiger charge is 2.35. The SMILES string of the molecule is CC1CCCN(c2nccs2)C1C(=O)O. The van der Waals surface area contributed by atoms with Gasteiger partial charge in [0.25, 0.3) is 0 Å². The summed E-state index contributed by atoms with van der Waals surface area (Å²) in [6, 6.07) is -0.412. The van der Waals surface area contributed by atoms with Crippen molar-refractivity contribution in [2.45, 2.75) is 25.8 Å². The van der Waals surface area contributed by atoms with Gasteiger partial charge in [0.1, 0.15) is 6.04 Å². The second-order valence-electron chi connectivity index (χ2n) is 3.91. The van der Waals surface area contributed by atoms with E-state index in [9.17, 15) is 9.90 Å². The molecule has 4 nitrogen and oxygen atoms in total. The number of thiazole rings is 1. The first kappa shape index (κ1) is 10.4. The van der Waals surface area contributed by atoms with E-state index in [4.69, 9.17) is 0 Å². The van der Waals surface area contributed by atoms with E-state index in [2.05, 4.69) is 4.98 Å². The van der Waals surface area contributed by atoms with Crippen LogP contribution in [0.25, 0.3) is 0 Å². The van der Waals surface area contributed by atoms with E-state index < -0.39 is 12.0 Å². The molecule has 0 bridgehead atoms. The fourth-order valence-corrected chi connectivity index (χ4v) is 2.84. The Balaban J connectivity index is 2.24. The van der Waals surface area contributed by atoms with Gasteiger partial charge in [0.05, 0.1) is 0 Å². The van der Waals surface area contributed by atoms with Gasteiger partial charge in [-0.25, -0.2) is 9.78 Å². The Morgan fingerprint density at radius 1 is 1.73 bits per heavy atom. The molecule has 82 valence electrons. The third kappa shape index (κ3) is 1.97. The average Bonchev–Trinajstić information content (AvgIpc) is 2.69. The topological polar surface area (TPSA) is 53.4 Å². The number of aliphatic carboxylic acids is 1. The highest BCUT2D eigenvalue weighted by molar-refractivity contribution is 7.13. The maximum atomic E-state index is 11.2. The molecule has 0 aromatic carbocycles. The molecule has 15 heavy (non-hydrogen) atoms. The first-order valence-electron chi connectivity index (χ1n) is 5.09. The van der Waals surface area contributed by atoms with Crippen LogP contribution in [0, 0.1) is 5.92 Å². The summed E-state index contributed by atoms with van der Waals surface area (Å²) in [5.41, 5.74) is 0. The maximum Gasteiger partial charge on any atom is 0.326 e. The maximum absolute atomic E-state index is 11.2. The number of carboxylic acid groups (broad SMARTS) is 1. The Hall–Kier alpha value is -1.10. The minimum atomic E-state index is -0.739. The standard InChI is InChI=1S/C10H14N2O2S/c1-7-3-2-5-12(8(7)9(13)14)10-11-4-6-15-10/h4,6-8H,2-3,5H2,1H3,(H,13,14). The fraction of sp³-hybridized carbons (Fsp3) is 0.600. The van der Waals surface area contributed by atoms with Crippen molar-refractivity contribution in [1.82, 2.24) is 4.98 Å². The molecular formula is C10H14N2O2S. The van der Waals surface area contributed by atoms with Crippen LogP contribution >= 0.6 is 11.3 Å². The number of carboxylic acids is 1. The van der Waals surface area contributed by atoms with E-state index in [-0.39, 0.29) is 5.92 Å². The number of rotatable bonds is 2. The first-order valence-corrected chi connectivity index (χ1v) is 5.97. The molecule has 2 unspecified atom stereocenters. The zero-order valence-corrected chi connectivity index (χ0v) is 9.41. The third-order valence-corrected chi connectivity index (χ3v) is 3.66. The summed E-state index contributed by atoms with van der Waals surface area (Å²) in [6.45, 7) is 2.80. The van der Waals surface area contributed by atoms with Crippen molar-refractivity contribution in [2.24, 2.45) is 5.92 Å². The summed E-state index contributed by atoms with van der Waals surface area (Å²) in [6.07, 6.45) is 3.75. The highest BCUT2D eigenvalue weighted by atomic mass is 32.1. The molecule has 1 fully saturated rings. The van der Waals surface area contributed by atoms with Crippen LogP contribution in [0.2, 0.25) is 0 Å². The molecule has 2 atom stereocenters. The molecule has 1 aromatic rings. The second kappa shape index (κ2) is 4.18. The molecule has 2 heterocycles. The number of hydrogen-bond acceptors (Lipinski definition) is 4. The van der Waals surface area contributed by atoms with Crippen LogP contribution in [0.5, 0.6) is 0 Å². The Labute approximate surface area is 92.6 Å². The highest BCUT2D eigenvalue weighted by Crippen LogP contribution is 2.29. The molecule has 0 aliphatic carbocycles. The van der Waals surface area contributed by atoms with Crippen molar-refractivity contribution < 1.29 is 9.90 Å². The summed E-state index contributed by atoms with van der Waals surface area (Å²) in [7, 11) is 0. The van der Waals surface area contributed by atoms with Gasteiger partial charge in [-0.3, -0.25) is 0 Å². The molecule has 5 heteroatoms. The fourth-order valence-electron chi connectivity index (χ4n) is 2.14. The van der Waals surface area contributed by atoms with Gasteiger partial charge < -0.3 is 10.0 Å². The molecule has 1 saturated heterocycles. The number of hydrogen-bond donors (Lipinski definition) is 1. The van der Waals surface area contributed by atoms with E-state index in [1.165, 1.54) is 11.3 Å². The minimum Gasteiger partial charge on any atom is -0.480 e. The van der Waals surface area contributed by atoms with Crippen LogP contribution in [-0.4, -0.2) is 28.6 Å². The van der Waals surface area contributed by atoms with Gasteiger partial charge in [0.15, 0.2) is 5.13 Å². The zero-order chi connectivity index (χ0) is 10.8. The predicted octanol–water partition coefficient (Wildman–Crippen LogP) is 1.83. The average molecular weight is 226 g/mol. The zero-order valence-electron chi connectivity index (χ0n) is 8.59. The van der Waals surface area contributed by atoms with Gasteiger partial charge in [-0.2, -0.15) is 0 Å². The molecule has 0 radical (unpaired) electrons. The van der Waals surface area contributed by atoms with Crippen molar-refractivity contribution in [2.75, 3.05) is 11.4 Å². The normalized spacial score (nSPS) is 26.6. The number of anilines is 1. The van der Waals surface area contributed by atoms with Crippen LogP contribution in [0.1, 0.15) is 19.8 Å². The van der Waals surface area contributed by atoms with Crippen LogP contribution < -0.4 is 4.90 Å². The quantitative estimate of drug-likeness (QED) is 0.836. The van der Waals surface area contributed by atoms with Gasteiger partial charge in [-0.15, -0.1) is 11.3 Å². The summed E-state index contributed by atoms with van der Waals surface area (Å²) in [5.74, 6) is -0.544. The van der Waals surface area contributed by atoms with Gasteiger partial charge in [-0.05, 0) is 18.8 Å². The number of aromatic nitrogens is 1. The van der Waals surface area contributed by atoms with E-state index in [0.717, 1.165) is 24.5 Å². The summed E-state index contributed by atoms with van der Waals surface area (Å²) < 4.78 is 0. The van der Waals surface area contributed by atoms with Gasteiger partial charge in [0, 0.05) is 18.1 Å². The molecule has 0 spiro atoms. The Bertz CT molecular complexity index is 339. The molecule has 2 rings (SSSR count). The predicted molar refractivity (Wildman–Crippen MR) is 59.3 cm³/mol. The molecule has 1 aliphatic heterocycles. The van der Waals surface area contributed by atoms with Crippen LogP contribution in [0.15, 0.2) is 11.6 Å². The van der Waals surface area contributed by atoms with Crippen molar-refractivity contribution in [3.63, 3.8) is 0 Å². The first-order chi connectivity index (χ1) is 7.20. The van der Waals surface area contributed by atoms with Crippen LogP contribution in [0.3, 0.4) is 0 Å². The van der Waals surface area contributed by atoms with Crippen molar-refractivity contribution in [1.29, 1.82) is 0 Å². The number of nitrogens with zero attached hydrogens (tertiary/aromatic N) is 2. The van der Waals surface area contributed by atoms with Crippen LogP contribution in [-0.2, 0) is 4.79 Å². The summed E-state index contributed by atoms with van der Waals surface area (Å²) >= 11 is 1.50. The van der Waals surface area contributed by atoms with Crippen molar-refractivity contribution >= 4 is 22.4 Å². The van der Waals surface area contributed by atoms with Crippen molar-refractivity contribution in [3.8, 4) is 0 Å². The van der Waals surface area contributed by atoms with E-state index >= 15 is 0 Å². The lowest BCUT2D eigenvalue weighted by Crippen LogP contribution is -2.49. The minimum absolute atomic E-state index is 0.195. The largest absolute Gasteiger partial charge is 0.480 e. The monoisotopic (exact) mass is 226 g/mol. The molecule has 1 aliphatic rings. The van der Waals surface area contributed by atoms with Gasteiger partial charge in [0.2, 0.25) is 0 Å². The number of piperidine rings is 1. The summed E-state index contributed by atoms with van der Waals surface area (Å²) in [5, 5.41) is 11.9. The lowest BCUT2D eigenvalue weighted by atomic mass is 9.91. The lowest BCUT2D eigenvalue weighted by Gasteiger charge is -2.37. The van der Waals surface area contributed by atoms with Crippen molar-refractivity contribution in [3.05, 3.63) is 11.6 Å². The van der Waals surface area contributed by atoms with Gasteiger partial charge in [-0.1, -0.05) is 6.92 Å². The van der Waals surface area contributed by atoms with E-state index in [0.29, 0.717) is 0 Å². The molecule has 1 aromatic heterocycles. The molecular weight excluding hydrogens is 212 g/mol. The molecule has 1 N–H and O–H groups in total. The summed E-state index contributed by atoms with van der Waals surface area (Å²) in [4.78, 5) is 17.3. The van der Waals surface area contributed by atoms with Crippen LogP contribution in [0.4, 0.5) is 5.13 Å². The molecule has 0 saturated carbocycles. The lowest BCUT2D eigenvalue weighted by molar-refractivity contribution is -0.140. The van der Waals surface area contributed by atoms with Gasteiger partial charge >= 0.3 is 5.97 Å². The smallest absolute Gasteiger partial charge is 0.326 e. The molecule has 0 amide bonds. The Kier molecular flexibility index (Phi) is 2.90. The third-order valence-electron chi connectivity index (χ3n) is 2.85. The second-order valence-corrected chi connectivity index (χ2v) is 4.78.